The van der Waals surface area contributed by atoms with Crippen molar-refractivity contribution in [3.63, 3.8) is 0 Å². The van der Waals surface area contributed by atoms with E-state index in [2.05, 4.69) is 52.3 Å². The average molecular weight is 632 g/mol. The zero-order valence-electron chi connectivity index (χ0n) is 28.6. The Morgan fingerprint density at radius 3 is 2.23 bits per heavy atom. The summed E-state index contributed by atoms with van der Waals surface area (Å²) < 4.78 is 18.6. The monoisotopic (exact) mass is 631 g/mol. The molecule has 1 unspecified atom stereocenters. The highest BCUT2D eigenvalue weighted by molar-refractivity contribution is 6.74. The Labute approximate surface area is 266 Å². The van der Waals surface area contributed by atoms with Gasteiger partial charge in [0.2, 0.25) is 11.8 Å². The summed E-state index contributed by atoms with van der Waals surface area (Å²) in [6, 6.07) is 0. The van der Waals surface area contributed by atoms with Crippen molar-refractivity contribution in [3.05, 3.63) is 49.1 Å². The molecule has 1 N–H and O–H groups in total. The van der Waals surface area contributed by atoms with Gasteiger partial charge in [-0.3, -0.25) is 24.5 Å². The van der Waals surface area contributed by atoms with Crippen LogP contribution < -0.4 is 5.32 Å². The lowest BCUT2D eigenvalue weighted by molar-refractivity contribution is -0.150. The Bertz CT molecular complexity index is 1060. The van der Waals surface area contributed by atoms with Gasteiger partial charge in [0.15, 0.2) is 8.32 Å². The molecule has 1 rings (SSSR count). The molecule has 0 aromatic carbocycles. The van der Waals surface area contributed by atoms with Gasteiger partial charge in [0.25, 0.3) is 0 Å². The number of imide groups is 1. The van der Waals surface area contributed by atoms with Gasteiger partial charge < -0.3 is 13.9 Å². The highest BCUT2D eigenvalue weighted by Crippen LogP contribution is 2.39. The first-order valence-corrected chi connectivity index (χ1v) is 18.7. The van der Waals surface area contributed by atoms with Crippen LogP contribution in [0.15, 0.2) is 49.1 Å². The third-order valence-corrected chi connectivity index (χ3v) is 13.3. The fourth-order valence-electron chi connectivity index (χ4n) is 5.13. The lowest BCUT2D eigenvalue weighted by atomic mass is 9.86. The average Bonchev–Trinajstić information content (AvgIpc) is 2.92. The highest BCUT2D eigenvalue weighted by Gasteiger charge is 2.42. The Hall–Kier alpha value is -2.62. The van der Waals surface area contributed by atoms with Crippen LogP contribution in [0.2, 0.25) is 18.1 Å². The first-order valence-electron chi connectivity index (χ1n) is 15.8. The standard InChI is InChI=1S/C35H57NO7Si/c1-12-14-15-16-20-32(40)42-33(26(5)28(37)19-17-18-27-22-30(38)36-31(39)23-27)24(3)21-25(4)34(29(13-2)41-9)43-44(10,11)35(6,7)8/h12-13,15-16,21,25-27,29,33-34H,1-2,14,17-20,22-23H2,3-11H3,(H,36,38,39)/b16-15+,24-21-/t25-,26-,29+,33?,34+/m1/s1. The number of allylic oxidation sites excluding steroid dienone is 2. The molecule has 8 nitrogen and oxygen atoms in total. The summed E-state index contributed by atoms with van der Waals surface area (Å²) in [7, 11) is -0.550. The van der Waals surface area contributed by atoms with Crippen molar-refractivity contribution in [2.45, 2.75) is 123 Å². The first-order chi connectivity index (χ1) is 20.5. The van der Waals surface area contributed by atoms with Crippen LogP contribution in [0.1, 0.15) is 86.5 Å². The van der Waals surface area contributed by atoms with Gasteiger partial charge in [-0.2, -0.15) is 0 Å². The molecule has 0 radical (unpaired) electrons. The van der Waals surface area contributed by atoms with Crippen molar-refractivity contribution >= 4 is 31.9 Å². The number of esters is 1. The maximum atomic E-state index is 13.4. The highest BCUT2D eigenvalue weighted by atomic mass is 28.4. The third kappa shape index (κ3) is 12.8. The van der Waals surface area contributed by atoms with E-state index in [1.807, 2.05) is 26.0 Å². The maximum Gasteiger partial charge on any atom is 0.310 e. The minimum Gasteiger partial charge on any atom is -0.457 e. The molecule has 0 aromatic rings. The van der Waals surface area contributed by atoms with E-state index in [0.717, 1.165) is 5.57 Å². The number of piperidine rings is 1. The molecule has 1 aliphatic heterocycles. The van der Waals surface area contributed by atoms with E-state index in [0.29, 0.717) is 32.1 Å². The Kier molecular flexibility index (Phi) is 16.5. The maximum absolute atomic E-state index is 13.4. The van der Waals surface area contributed by atoms with Gasteiger partial charge >= 0.3 is 5.97 Å². The zero-order chi connectivity index (χ0) is 33.7. The molecule has 1 fully saturated rings. The van der Waals surface area contributed by atoms with Gasteiger partial charge in [0, 0.05) is 32.3 Å². The van der Waals surface area contributed by atoms with Gasteiger partial charge in [0.05, 0.1) is 18.4 Å². The molecule has 0 spiro atoms. The van der Waals surface area contributed by atoms with E-state index in [4.69, 9.17) is 13.9 Å². The molecule has 44 heavy (non-hydrogen) atoms. The first kappa shape index (κ1) is 39.4. The smallest absolute Gasteiger partial charge is 0.310 e. The van der Waals surface area contributed by atoms with Crippen molar-refractivity contribution in [2.75, 3.05) is 7.11 Å². The molecule has 0 aromatic heterocycles. The van der Waals surface area contributed by atoms with Crippen molar-refractivity contribution in [1.82, 2.24) is 5.32 Å². The number of amides is 2. The molecule has 1 heterocycles. The second-order valence-electron chi connectivity index (χ2n) is 13.6. The molecule has 2 amide bonds. The van der Waals surface area contributed by atoms with Crippen LogP contribution in [0, 0.1) is 17.8 Å². The number of ether oxygens (including phenoxy) is 2. The molecule has 0 saturated carbocycles. The van der Waals surface area contributed by atoms with E-state index < -0.39 is 26.3 Å². The van der Waals surface area contributed by atoms with E-state index in [1.54, 1.807) is 32.3 Å². The van der Waals surface area contributed by atoms with Crippen LogP contribution in [0.5, 0.6) is 0 Å². The molecule has 0 bridgehead atoms. The lowest BCUT2D eigenvalue weighted by Crippen LogP contribution is -2.49. The molecule has 1 aliphatic rings. The van der Waals surface area contributed by atoms with Crippen LogP contribution in [-0.2, 0) is 33.1 Å². The molecule has 1 saturated heterocycles. The predicted octanol–water partition coefficient (Wildman–Crippen LogP) is 7.02. The molecular formula is C35H57NO7Si. The Morgan fingerprint density at radius 2 is 1.70 bits per heavy atom. The van der Waals surface area contributed by atoms with Crippen LogP contribution in [0.3, 0.4) is 0 Å². The zero-order valence-corrected chi connectivity index (χ0v) is 29.6. The van der Waals surface area contributed by atoms with Crippen molar-refractivity contribution < 1.29 is 33.1 Å². The summed E-state index contributed by atoms with van der Waals surface area (Å²) in [6.07, 6.45) is 10.4. The molecule has 9 heteroatoms. The number of ketones is 1. The number of carbonyl (C=O) groups is 4. The Morgan fingerprint density at radius 1 is 1.09 bits per heavy atom. The molecule has 0 aliphatic carbocycles. The summed E-state index contributed by atoms with van der Waals surface area (Å²) in [6.45, 7) is 24.3. The predicted molar refractivity (Wildman–Crippen MR) is 178 cm³/mol. The number of hydrogen-bond donors (Lipinski definition) is 1. The number of hydrogen-bond acceptors (Lipinski definition) is 7. The lowest BCUT2D eigenvalue weighted by Gasteiger charge is -2.42. The minimum absolute atomic E-state index is 0.0178. The summed E-state index contributed by atoms with van der Waals surface area (Å²) in [5, 5.41) is 2.30. The van der Waals surface area contributed by atoms with Crippen LogP contribution in [-0.4, -0.2) is 57.3 Å². The summed E-state index contributed by atoms with van der Waals surface area (Å²) in [5.74, 6) is -1.78. The van der Waals surface area contributed by atoms with E-state index >= 15 is 0 Å². The second kappa shape index (κ2) is 18.4. The number of rotatable bonds is 19. The summed E-state index contributed by atoms with van der Waals surface area (Å²) in [4.78, 5) is 49.8. The van der Waals surface area contributed by atoms with Crippen molar-refractivity contribution in [3.8, 4) is 0 Å². The number of Topliss-reactive ketones (excluding diaryl/α,β-unsaturated/α-hetero) is 1. The second-order valence-corrected chi connectivity index (χ2v) is 18.3. The van der Waals surface area contributed by atoms with E-state index in [9.17, 15) is 19.2 Å². The van der Waals surface area contributed by atoms with Gasteiger partial charge in [-0.1, -0.05) is 65.0 Å². The number of methoxy groups -OCH3 is 1. The number of carbonyl (C=O) groups excluding carboxylic acids is 4. The molecule has 5 atom stereocenters. The topological polar surface area (TPSA) is 108 Å². The van der Waals surface area contributed by atoms with Gasteiger partial charge in [-0.25, -0.2) is 0 Å². The SMILES string of the molecule is C=CC/C=C/CC(=O)OC(/C(C)=C\[C@@H](C)[C@H](O[Si](C)(C)C(C)(C)C)[C@H](C=C)OC)[C@H](C)C(=O)CCCC1CC(=O)NC(=O)C1. The molecule has 248 valence electrons. The van der Waals surface area contributed by atoms with E-state index in [-0.39, 0.29) is 59.5 Å². The summed E-state index contributed by atoms with van der Waals surface area (Å²) in [5.41, 5.74) is 0.763. The van der Waals surface area contributed by atoms with Crippen molar-refractivity contribution in [2.24, 2.45) is 17.8 Å². The fourth-order valence-corrected chi connectivity index (χ4v) is 6.51. The minimum atomic E-state index is -2.19. The summed E-state index contributed by atoms with van der Waals surface area (Å²) >= 11 is 0. The number of nitrogens with one attached hydrogen (secondary N) is 1. The van der Waals surface area contributed by atoms with Gasteiger partial charge in [-0.15, -0.1) is 13.2 Å². The molecular weight excluding hydrogens is 574 g/mol. The Balaban J connectivity index is 3.22. The van der Waals surface area contributed by atoms with Crippen LogP contribution in [0.4, 0.5) is 0 Å². The third-order valence-electron chi connectivity index (χ3n) is 8.79. The largest absolute Gasteiger partial charge is 0.457 e. The van der Waals surface area contributed by atoms with Gasteiger partial charge in [0.1, 0.15) is 18.0 Å². The fraction of sp³-hybridized carbons (Fsp3) is 0.657. The van der Waals surface area contributed by atoms with Crippen LogP contribution >= 0.6 is 0 Å². The van der Waals surface area contributed by atoms with E-state index in [1.165, 1.54) is 0 Å². The van der Waals surface area contributed by atoms with Crippen LogP contribution in [0.25, 0.3) is 0 Å². The quantitative estimate of drug-likeness (QED) is 0.0706. The van der Waals surface area contributed by atoms with Crippen molar-refractivity contribution in [1.29, 1.82) is 0 Å². The normalized spacial score (nSPS) is 18.7. The van der Waals surface area contributed by atoms with Gasteiger partial charge in [-0.05, 0) is 55.8 Å².